The summed E-state index contributed by atoms with van der Waals surface area (Å²) in [5, 5.41) is 3.43. The molecule has 0 unspecified atom stereocenters. The van der Waals surface area contributed by atoms with Crippen LogP contribution in [0.15, 0.2) is 58.3 Å². The van der Waals surface area contributed by atoms with Gasteiger partial charge in [-0.25, -0.2) is 4.39 Å². The van der Waals surface area contributed by atoms with Gasteiger partial charge in [0.2, 0.25) is 0 Å². The minimum Gasteiger partial charge on any atom is -0.312 e. The third kappa shape index (κ3) is 4.36. The van der Waals surface area contributed by atoms with E-state index in [4.69, 9.17) is 0 Å². The largest absolute Gasteiger partial charge is 0.312 e. The van der Waals surface area contributed by atoms with Gasteiger partial charge in [0.25, 0.3) is 0 Å². The summed E-state index contributed by atoms with van der Waals surface area (Å²) in [6.45, 7) is 6.18. The van der Waals surface area contributed by atoms with Crippen molar-refractivity contribution >= 4 is 11.8 Å². The molecule has 0 aliphatic rings. The first kappa shape index (κ1) is 15.1. The number of nitrogens with one attached hydrogen (secondary N) is 1. The van der Waals surface area contributed by atoms with E-state index < -0.39 is 0 Å². The molecule has 1 N–H and O–H groups in total. The van der Waals surface area contributed by atoms with Crippen molar-refractivity contribution in [2.24, 2.45) is 5.92 Å². The summed E-state index contributed by atoms with van der Waals surface area (Å²) >= 11 is 1.48. The smallest absolute Gasteiger partial charge is 0.137 e. The van der Waals surface area contributed by atoms with Gasteiger partial charge >= 0.3 is 0 Å². The quantitative estimate of drug-likeness (QED) is 0.825. The van der Waals surface area contributed by atoms with E-state index in [1.54, 1.807) is 6.07 Å². The molecule has 20 heavy (non-hydrogen) atoms. The number of benzene rings is 2. The van der Waals surface area contributed by atoms with E-state index in [9.17, 15) is 4.39 Å². The summed E-state index contributed by atoms with van der Waals surface area (Å²) in [5.74, 6) is 0.462. The van der Waals surface area contributed by atoms with Gasteiger partial charge in [-0.15, -0.1) is 0 Å². The van der Waals surface area contributed by atoms with Gasteiger partial charge in [0, 0.05) is 16.3 Å². The van der Waals surface area contributed by atoms with Crippen LogP contribution in [0.25, 0.3) is 0 Å². The molecule has 2 aromatic rings. The number of halogens is 1. The van der Waals surface area contributed by atoms with Crippen molar-refractivity contribution in [3.05, 3.63) is 59.9 Å². The van der Waals surface area contributed by atoms with Crippen LogP contribution < -0.4 is 5.32 Å². The molecule has 106 valence electrons. The van der Waals surface area contributed by atoms with E-state index in [0.717, 1.165) is 18.0 Å². The van der Waals surface area contributed by atoms with Crippen LogP contribution in [-0.2, 0) is 6.54 Å². The molecule has 0 heterocycles. The standard InChI is InChI=1S/C17H20FNS/c1-13(2)11-19-12-14-7-3-5-9-16(14)20-17-10-6-4-8-15(17)18/h3-10,13,19H,11-12H2,1-2H3. The average Bonchev–Trinajstić information content (AvgIpc) is 2.43. The summed E-state index contributed by atoms with van der Waals surface area (Å²) in [4.78, 5) is 1.78. The maximum Gasteiger partial charge on any atom is 0.137 e. The summed E-state index contributed by atoms with van der Waals surface area (Å²) in [6.07, 6.45) is 0. The molecular weight excluding hydrogens is 269 g/mol. The highest BCUT2D eigenvalue weighted by atomic mass is 32.2. The molecule has 2 aromatic carbocycles. The zero-order valence-corrected chi connectivity index (χ0v) is 12.7. The van der Waals surface area contributed by atoms with Crippen LogP contribution in [0.5, 0.6) is 0 Å². The predicted octanol–water partition coefficient (Wildman–Crippen LogP) is 4.72. The highest BCUT2D eigenvalue weighted by Crippen LogP contribution is 2.31. The lowest BCUT2D eigenvalue weighted by molar-refractivity contribution is 0.550. The number of hydrogen-bond donors (Lipinski definition) is 1. The van der Waals surface area contributed by atoms with Crippen molar-refractivity contribution < 1.29 is 4.39 Å². The minimum atomic E-state index is -0.164. The summed E-state index contributed by atoms with van der Waals surface area (Å²) in [6, 6.07) is 15.1. The van der Waals surface area contributed by atoms with Gasteiger partial charge in [-0.3, -0.25) is 0 Å². The molecule has 0 saturated carbocycles. The van der Waals surface area contributed by atoms with Crippen molar-refractivity contribution in [1.29, 1.82) is 0 Å². The summed E-state index contributed by atoms with van der Waals surface area (Å²) < 4.78 is 13.7. The molecule has 3 heteroatoms. The van der Waals surface area contributed by atoms with E-state index in [1.807, 2.05) is 30.3 Å². The maximum absolute atomic E-state index is 13.7. The molecular formula is C17H20FNS. The molecule has 1 nitrogen and oxygen atoms in total. The second kappa shape index (κ2) is 7.46. The Bertz CT molecular complexity index is 554. The molecule has 0 fully saturated rings. The molecule has 2 rings (SSSR count). The second-order valence-electron chi connectivity index (χ2n) is 5.16. The van der Waals surface area contributed by atoms with Gasteiger partial charge in [0.05, 0.1) is 0 Å². The second-order valence-corrected chi connectivity index (χ2v) is 6.25. The number of hydrogen-bond acceptors (Lipinski definition) is 2. The molecule has 0 aromatic heterocycles. The Morgan fingerprint density at radius 1 is 1.00 bits per heavy atom. The Morgan fingerprint density at radius 3 is 2.35 bits per heavy atom. The topological polar surface area (TPSA) is 12.0 Å². The SMILES string of the molecule is CC(C)CNCc1ccccc1Sc1ccccc1F. The molecule has 0 aliphatic carbocycles. The first-order chi connectivity index (χ1) is 9.66. The molecule has 0 spiro atoms. The molecule has 0 saturated heterocycles. The van der Waals surface area contributed by atoms with Gasteiger partial charge in [-0.05, 0) is 36.2 Å². The lowest BCUT2D eigenvalue weighted by Crippen LogP contribution is -2.19. The molecule has 0 radical (unpaired) electrons. The minimum absolute atomic E-state index is 0.164. The van der Waals surface area contributed by atoms with Gasteiger partial charge in [-0.2, -0.15) is 0 Å². The van der Waals surface area contributed by atoms with Crippen LogP contribution >= 0.6 is 11.8 Å². The maximum atomic E-state index is 13.7. The van der Waals surface area contributed by atoms with Crippen molar-refractivity contribution in [3.8, 4) is 0 Å². The average molecular weight is 289 g/mol. The van der Waals surface area contributed by atoms with Crippen molar-refractivity contribution in [2.75, 3.05) is 6.54 Å². The van der Waals surface area contributed by atoms with Crippen LogP contribution in [0.2, 0.25) is 0 Å². The van der Waals surface area contributed by atoms with Gasteiger partial charge < -0.3 is 5.32 Å². The van der Waals surface area contributed by atoms with Crippen LogP contribution in [0, 0.1) is 11.7 Å². The molecule has 0 atom stereocenters. The van der Waals surface area contributed by atoms with E-state index >= 15 is 0 Å². The van der Waals surface area contributed by atoms with Crippen molar-refractivity contribution in [3.63, 3.8) is 0 Å². The molecule has 0 bridgehead atoms. The molecule has 0 amide bonds. The fraction of sp³-hybridized carbons (Fsp3) is 0.294. The number of rotatable bonds is 6. The normalized spacial score (nSPS) is 11.0. The van der Waals surface area contributed by atoms with Crippen molar-refractivity contribution in [1.82, 2.24) is 5.32 Å². The van der Waals surface area contributed by atoms with E-state index in [-0.39, 0.29) is 5.82 Å². The third-order valence-corrected chi connectivity index (χ3v) is 4.07. The Hall–Kier alpha value is -1.32. The zero-order valence-electron chi connectivity index (χ0n) is 11.9. The first-order valence-electron chi connectivity index (χ1n) is 6.88. The lowest BCUT2D eigenvalue weighted by Gasteiger charge is -2.12. The zero-order chi connectivity index (χ0) is 14.4. The molecule has 0 aliphatic heterocycles. The predicted molar refractivity (Wildman–Crippen MR) is 83.5 cm³/mol. The highest BCUT2D eigenvalue weighted by Gasteiger charge is 2.07. The van der Waals surface area contributed by atoms with E-state index in [2.05, 4.69) is 25.2 Å². The van der Waals surface area contributed by atoms with Gasteiger partial charge in [0.15, 0.2) is 0 Å². The monoisotopic (exact) mass is 289 g/mol. The van der Waals surface area contributed by atoms with E-state index in [1.165, 1.54) is 23.4 Å². The fourth-order valence-electron chi connectivity index (χ4n) is 1.89. The van der Waals surface area contributed by atoms with Gasteiger partial charge in [-0.1, -0.05) is 55.9 Å². The Balaban J connectivity index is 2.10. The first-order valence-corrected chi connectivity index (χ1v) is 7.69. The summed E-state index contributed by atoms with van der Waals surface area (Å²) in [5.41, 5.74) is 1.21. The highest BCUT2D eigenvalue weighted by molar-refractivity contribution is 7.99. The van der Waals surface area contributed by atoms with Crippen LogP contribution in [0.1, 0.15) is 19.4 Å². The van der Waals surface area contributed by atoms with Crippen LogP contribution in [-0.4, -0.2) is 6.54 Å². The summed E-state index contributed by atoms with van der Waals surface area (Å²) in [7, 11) is 0. The van der Waals surface area contributed by atoms with Gasteiger partial charge in [0.1, 0.15) is 5.82 Å². The lowest BCUT2D eigenvalue weighted by atomic mass is 10.2. The Kier molecular flexibility index (Phi) is 5.62. The third-order valence-electron chi connectivity index (χ3n) is 2.90. The Morgan fingerprint density at radius 2 is 1.65 bits per heavy atom. The Labute approximate surface area is 124 Å². The van der Waals surface area contributed by atoms with Crippen molar-refractivity contribution in [2.45, 2.75) is 30.2 Å². The fourth-order valence-corrected chi connectivity index (χ4v) is 2.86. The van der Waals surface area contributed by atoms with Crippen LogP contribution in [0.4, 0.5) is 4.39 Å². The van der Waals surface area contributed by atoms with E-state index in [0.29, 0.717) is 10.8 Å². The van der Waals surface area contributed by atoms with Crippen LogP contribution in [0.3, 0.4) is 0 Å².